The lowest BCUT2D eigenvalue weighted by molar-refractivity contribution is -0.126. The van der Waals surface area contributed by atoms with Gasteiger partial charge >= 0.3 is 5.97 Å². The van der Waals surface area contributed by atoms with E-state index in [1.165, 1.54) is 6.07 Å². The Bertz CT molecular complexity index is 584. The van der Waals surface area contributed by atoms with E-state index in [0.717, 1.165) is 37.0 Å². The Morgan fingerprint density at radius 3 is 2.74 bits per heavy atom. The molecule has 2 rings (SSSR count). The van der Waals surface area contributed by atoms with Crippen LogP contribution in [0.4, 0.5) is 0 Å². The third-order valence-electron chi connectivity index (χ3n) is 3.94. The number of aromatic carboxylic acids is 1. The molecule has 0 radical (unpaired) electrons. The second kappa shape index (κ2) is 8.10. The highest BCUT2D eigenvalue weighted by molar-refractivity contribution is 7.15. The summed E-state index contributed by atoms with van der Waals surface area (Å²) in [5, 5.41) is 11.9. The maximum absolute atomic E-state index is 12.5. The van der Waals surface area contributed by atoms with Gasteiger partial charge < -0.3 is 15.3 Å². The zero-order chi connectivity index (χ0) is 16.8. The number of nitrogens with zero attached hydrogens (tertiary/aromatic N) is 1. The average Bonchev–Trinajstić information content (AvgIpc) is 3.04. The van der Waals surface area contributed by atoms with Crippen LogP contribution in [0.25, 0.3) is 0 Å². The smallest absolute Gasteiger partial charge is 0.345 e. The van der Waals surface area contributed by atoms with Crippen LogP contribution in [0.15, 0.2) is 12.1 Å². The molecule has 23 heavy (non-hydrogen) atoms. The maximum atomic E-state index is 12.5. The van der Waals surface area contributed by atoms with Crippen molar-refractivity contribution in [3.8, 4) is 0 Å². The molecule has 0 spiro atoms. The highest BCUT2D eigenvalue weighted by atomic mass is 32.1. The van der Waals surface area contributed by atoms with Crippen LogP contribution in [0, 0.1) is 5.92 Å². The van der Waals surface area contributed by atoms with Gasteiger partial charge in [0.1, 0.15) is 4.88 Å². The molecule has 126 valence electrons. The summed E-state index contributed by atoms with van der Waals surface area (Å²) in [7, 11) is 0. The average molecular weight is 338 g/mol. The number of rotatable bonds is 6. The number of likely N-dealkylation sites (tertiary alicyclic amines) is 1. The number of amides is 2. The number of carboxylic acid groups (broad SMARTS) is 1. The van der Waals surface area contributed by atoms with Gasteiger partial charge in [0.15, 0.2) is 0 Å². The summed E-state index contributed by atoms with van der Waals surface area (Å²) in [6.45, 7) is 3.75. The molecule has 1 aromatic rings. The largest absolute Gasteiger partial charge is 0.477 e. The standard InChI is InChI=1S/C16H22N2O4S/c1-2-3-8-17-14(19)11-5-4-9-18(10-11)15(20)12-6-7-13(23-12)16(21)22/h6-7,11H,2-5,8-10H2,1H3,(H,17,19)(H,21,22). The monoisotopic (exact) mass is 338 g/mol. The van der Waals surface area contributed by atoms with Gasteiger partial charge in [0.05, 0.1) is 10.8 Å². The van der Waals surface area contributed by atoms with Crippen LogP contribution < -0.4 is 5.32 Å². The molecule has 0 aromatic carbocycles. The number of carboxylic acids is 1. The predicted molar refractivity (Wildman–Crippen MR) is 87.8 cm³/mol. The van der Waals surface area contributed by atoms with E-state index < -0.39 is 5.97 Å². The third-order valence-corrected chi connectivity index (χ3v) is 5.00. The van der Waals surface area contributed by atoms with Crippen molar-refractivity contribution in [3.63, 3.8) is 0 Å². The SMILES string of the molecule is CCCCNC(=O)C1CCCN(C(=O)c2ccc(C(=O)O)s2)C1. The van der Waals surface area contributed by atoms with Crippen molar-refractivity contribution in [2.24, 2.45) is 5.92 Å². The summed E-state index contributed by atoms with van der Waals surface area (Å²) < 4.78 is 0. The lowest BCUT2D eigenvalue weighted by Crippen LogP contribution is -2.45. The first-order chi connectivity index (χ1) is 11.0. The van der Waals surface area contributed by atoms with Crippen molar-refractivity contribution >= 4 is 29.1 Å². The molecule has 6 nitrogen and oxygen atoms in total. The number of nitrogens with one attached hydrogen (secondary N) is 1. The van der Waals surface area contributed by atoms with Crippen LogP contribution in [0.5, 0.6) is 0 Å². The Kier molecular flexibility index (Phi) is 6.15. The van der Waals surface area contributed by atoms with E-state index in [2.05, 4.69) is 12.2 Å². The molecule has 1 aromatic heterocycles. The van der Waals surface area contributed by atoms with E-state index in [0.29, 0.717) is 24.5 Å². The van der Waals surface area contributed by atoms with Crippen LogP contribution >= 0.6 is 11.3 Å². The van der Waals surface area contributed by atoms with Crippen LogP contribution in [-0.4, -0.2) is 47.4 Å². The number of thiophene rings is 1. The van der Waals surface area contributed by atoms with Gasteiger partial charge in [-0.25, -0.2) is 4.79 Å². The van der Waals surface area contributed by atoms with Gasteiger partial charge in [-0.1, -0.05) is 13.3 Å². The fourth-order valence-electron chi connectivity index (χ4n) is 2.63. The van der Waals surface area contributed by atoms with Crippen LogP contribution in [0.1, 0.15) is 52.0 Å². The zero-order valence-electron chi connectivity index (χ0n) is 13.2. The lowest BCUT2D eigenvalue weighted by atomic mass is 9.97. The molecule has 2 amide bonds. The van der Waals surface area contributed by atoms with Crippen molar-refractivity contribution in [2.75, 3.05) is 19.6 Å². The predicted octanol–water partition coefficient (Wildman–Crippen LogP) is 2.21. The topological polar surface area (TPSA) is 86.7 Å². The molecule has 2 heterocycles. The van der Waals surface area contributed by atoms with Gasteiger partial charge in [0.2, 0.25) is 5.91 Å². The molecule has 0 saturated carbocycles. The zero-order valence-corrected chi connectivity index (χ0v) is 14.0. The molecular weight excluding hydrogens is 316 g/mol. The normalized spacial score (nSPS) is 17.8. The fraction of sp³-hybridized carbons (Fsp3) is 0.562. The maximum Gasteiger partial charge on any atom is 0.345 e. The van der Waals surface area contributed by atoms with E-state index >= 15 is 0 Å². The molecule has 7 heteroatoms. The highest BCUT2D eigenvalue weighted by Crippen LogP contribution is 2.23. The van der Waals surface area contributed by atoms with Gasteiger partial charge in [-0.05, 0) is 31.4 Å². The summed E-state index contributed by atoms with van der Waals surface area (Å²) in [5.74, 6) is -1.38. The first-order valence-electron chi connectivity index (χ1n) is 7.93. The quantitative estimate of drug-likeness (QED) is 0.779. The van der Waals surface area contributed by atoms with Gasteiger partial charge in [0.25, 0.3) is 5.91 Å². The Hall–Kier alpha value is -1.89. The number of carbonyl (C=O) groups excluding carboxylic acids is 2. The summed E-state index contributed by atoms with van der Waals surface area (Å²) in [6.07, 6.45) is 3.55. The minimum Gasteiger partial charge on any atom is -0.477 e. The molecule has 1 fully saturated rings. The van der Waals surface area contributed by atoms with E-state index in [-0.39, 0.29) is 22.6 Å². The van der Waals surface area contributed by atoms with Crippen LogP contribution in [0.2, 0.25) is 0 Å². The number of piperidine rings is 1. The van der Waals surface area contributed by atoms with Crippen molar-refractivity contribution in [1.82, 2.24) is 10.2 Å². The van der Waals surface area contributed by atoms with Crippen LogP contribution in [0.3, 0.4) is 0 Å². The van der Waals surface area contributed by atoms with Gasteiger partial charge in [0, 0.05) is 19.6 Å². The molecule has 1 saturated heterocycles. The lowest BCUT2D eigenvalue weighted by Gasteiger charge is -2.31. The first kappa shape index (κ1) is 17.5. The summed E-state index contributed by atoms with van der Waals surface area (Å²) in [4.78, 5) is 37.8. The Morgan fingerprint density at radius 1 is 1.35 bits per heavy atom. The molecule has 0 bridgehead atoms. The van der Waals surface area contributed by atoms with Crippen LogP contribution in [-0.2, 0) is 4.79 Å². The van der Waals surface area contributed by atoms with Crippen molar-refractivity contribution in [1.29, 1.82) is 0 Å². The highest BCUT2D eigenvalue weighted by Gasteiger charge is 2.29. The minimum absolute atomic E-state index is 0.00774. The second-order valence-electron chi connectivity index (χ2n) is 5.70. The van der Waals surface area contributed by atoms with E-state index in [4.69, 9.17) is 5.11 Å². The number of unbranched alkanes of at least 4 members (excludes halogenated alkanes) is 1. The molecule has 0 aliphatic carbocycles. The summed E-state index contributed by atoms with van der Waals surface area (Å²) >= 11 is 0.978. The molecule has 1 aliphatic heterocycles. The first-order valence-corrected chi connectivity index (χ1v) is 8.74. The number of carbonyl (C=O) groups is 3. The summed E-state index contributed by atoms with van der Waals surface area (Å²) in [5.41, 5.74) is 0. The van der Waals surface area contributed by atoms with Gasteiger partial charge in [-0.2, -0.15) is 0 Å². The number of hydrogen-bond acceptors (Lipinski definition) is 4. The molecule has 1 aliphatic rings. The van der Waals surface area contributed by atoms with E-state index in [9.17, 15) is 14.4 Å². The second-order valence-corrected chi connectivity index (χ2v) is 6.79. The third kappa shape index (κ3) is 4.54. The van der Waals surface area contributed by atoms with Gasteiger partial charge in [-0.15, -0.1) is 11.3 Å². The number of hydrogen-bond donors (Lipinski definition) is 2. The van der Waals surface area contributed by atoms with Crippen molar-refractivity contribution in [3.05, 3.63) is 21.9 Å². The van der Waals surface area contributed by atoms with Crippen molar-refractivity contribution in [2.45, 2.75) is 32.6 Å². The Labute approximate surface area is 139 Å². The minimum atomic E-state index is -1.03. The Morgan fingerprint density at radius 2 is 2.09 bits per heavy atom. The van der Waals surface area contributed by atoms with E-state index in [1.807, 2.05) is 0 Å². The molecular formula is C16H22N2O4S. The molecule has 1 atom stereocenters. The molecule has 1 unspecified atom stereocenters. The Balaban J connectivity index is 1.95. The summed E-state index contributed by atoms with van der Waals surface area (Å²) in [6, 6.07) is 2.99. The molecule has 2 N–H and O–H groups in total. The van der Waals surface area contributed by atoms with Crippen molar-refractivity contribution < 1.29 is 19.5 Å². The van der Waals surface area contributed by atoms with E-state index in [1.54, 1.807) is 11.0 Å². The fourth-order valence-corrected chi connectivity index (χ4v) is 3.44. The van der Waals surface area contributed by atoms with Gasteiger partial charge in [-0.3, -0.25) is 9.59 Å².